The third-order valence-electron chi connectivity index (χ3n) is 4.31. The Kier molecular flexibility index (Phi) is 5.86. The minimum absolute atomic E-state index is 0.217. The van der Waals surface area contributed by atoms with Crippen molar-refractivity contribution in [2.75, 3.05) is 13.2 Å². The Morgan fingerprint density at radius 2 is 1.77 bits per heavy atom. The van der Waals surface area contributed by atoms with Crippen molar-refractivity contribution in [1.29, 1.82) is 0 Å². The molecular weight excluding hydrogens is 334 g/mol. The van der Waals surface area contributed by atoms with E-state index in [1.807, 2.05) is 30.3 Å². The summed E-state index contributed by atoms with van der Waals surface area (Å²) >= 11 is 0. The molecule has 1 amide bonds. The average Bonchev–Trinajstić information content (AvgIpc) is 2.68. The second-order valence-corrected chi connectivity index (χ2v) is 6.21. The highest BCUT2D eigenvalue weighted by Gasteiger charge is 2.31. The van der Waals surface area contributed by atoms with Gasteiger partial charge in [-0.05, 0) is 49.2 Å². The number of carboxylic acids is 1. The van der Waals surface area contributed by atoms with E-state index >= 15 is 0 Å². The normalized spacial score (nSPS) is 17.9. The minimum atomic E-state index is -1.04. The lowest BCUT2D eigenvalue weighted by molar-refractivity contribution is -0.142. The topological polar surface area (TPSA) is 84.9 Å². The summed E-state index contributed by atoms with van der Waals surface area (Å²) in [5, 5.41) is 12.1. The van der Waals surface area contributed by atoms with Gasteiger partial charge in [0.05, 0.1) is 6.61 Å². The van der Waals surface area contributed by atoms with Crippen LogP contribution in [0.15, 0.2) is 54.6 Å². The van der Waals surface area contributed by atoms with Gasteiger partial charge in [0.25, 0.3) is 5.91 Å². The predicted molar refractivity (Wildman–Crippen MR) is 95.4 cm³/mol. The molecule has 136 valence electrons. The van der Waals surface area contributed by atoms with Gasteiger partial charge in [0, 0.05) is 18.1 Å². The molecule has 0 aliphatic carbocycles. The molecule has 0 bridgehead atoms. The molecule has 0 radical (unpaired) electrons. The van der Waals surface area contributed by atoms with Gasteiger partial charge in [0.2, 0.25) is 0 Å². The lowest BCUT2D eigenvalue weighted by Crippen LogP contribution is -2.48. The van der Waals surface area contributed by atoms with Crippen molar-refractivity contribution in [3.05, 3.63) is 60.2 Å². The summed E-state index contributed by atoms with van der Waals surface area (Å²) in [6.45, 7) is 0.987. The summed E-state index contributed by atoms with van der Waals surface area (Å²) in [5.74, 6) is -0.380. The number of aliphatic carboxylic acids is 1. The molecule has 3 rings (SSSR count). The quantitative estimate of drug-likeness (QED) is 0.832. The molecule has 1 fully saturated rings. The Balaban J connectivity index is 1.64. The van der Waals surface area contributed by atoms with E-state index in [-0.39, 0.29) is 5.92 Å². The van der Waals surface area contributed by atoms with Gasteiger partial charge in [0.1, 0.15) is 17.5 Å². The van der Waals surface area contributed by atoms with E-state index in [1.54, 1.807) is 24.3 Å². The molecule has 1 aliphatic rings. The number of benzene rings is 2. The van der Waals surface area contributed by atoms with Crippen LogP contribution in [0, 0.1) is 5.92 Å². The SMILES string of the molecule is O=C(N[C@@H](C(=O)O)[C@H]1CCCOC1)c1ccc(Oc2ccccc2)cc1. The number of carboxylic acid groups (broad SMARTS) is 1. The molecule has 6 heteroatoms. The number of carbonyl (C=O) groups excluding carboxylic acids is 1. The third kappa shape index (κ3) is 4.61. The van der Waals surface area contributed by atoms with E-state index in [2.05, 4.69) is 5.32 Å². The predicted octanol–water partition coefficient (Wildman–Crippen LogP) is 3.09. The maximum Gasteiger partial charge on any atom is 0.326 e. The molecule has 1 heterocycles. The van der Waals surface area contributed by atoms with E-state index in [1.165, 1.54) is 0 Å². The zero-order valence-corrected chi connectivity index (χ0v) is 14.3. The van der Waals surface area contributed by atoms with Gasteiger partial charge in [-0.2, -0.15) is 0 Å². The Morgan fingerprint density at radius 3 is 2.38 bits per heavy atom. The Labute approximate surface area is 151 Å². The Hall–Kier alpha value is -2.86. The van der Waals surface area contributed by atoms with Gasteiger partial charge in [-0.25, -0.2) is 4.79 Å². The molecule has 2 N–H and O–H groups in total. The molecule has 2 aromatic rings. The molecule has 6 nitrogen and oxygen atoms in total. The van der Waals surface area contributed by atoms with Crippen LogP contribution in [0.1, 0.15) is 23.2 Å². The van der Waals surface area contributed by atoms with Crippen molar-refractivity contribution in [1.82, 2.24) is 5.32 Å². The first-order valence-corrected chi connectivity index (χ1v) is 8.58. The number of rotatable bonds is 6. The standard InChI is InChI=1S/C20H21NO5/c22-19(21-18(20(23)24)15-5-4-12-25-13-15)14-8-10-17(11-9-14)26-16-6-2-1-3-7-16/h1-3,6-11,15,18H,4-5,12-13H2,(H,21,22)(H,23,24)/t15-,18+/m0/s1. The van der Waals surface area contributed by atoms with E-state index in [0.717, 1.165) is 12.8 Å². The maximum absolute atomic E-state index is 12.4. The number of amides is 1. The molecule has 0 saturated carbocycles. The smallest absolute Gasteiger partial charge is 0.326 e. The molecule has 0 spiro atoms. The largest absolute Gasteiger partial charge is 0.480 e. The van der Waals surface area contributed by atoms with Crippen molar-refractivity contribution < 1.29 is 24.2 Å². The number of para-hydroxylation sites is 1. The van der Waals surface area contributed by atoms with Crippen LogP contribution in [-0.2, 0) is 9.53 Å². The maximum atomic E-state index is 12.4. The highest BCUT2D eigenvalue weighted by atomic mass is 16.5. The van der Waals surface area contributed by atoms with Crippen molar-refractivity contribution in [3.63, 3.8) is 0 Å². The molecule has 1 saturated heterocycles. The lowest BCUT2D eigenvalue weighted by Gasteiger charge is -2.28. The number of ether oxygens (including phenoxy) is 2. The lowest BCUT2D eigenvalue weighted by atomic mass is 9.93. The number of carbonyl (C=O) groups is 2. The fraction of sp³-hybridized carbons (Fsp3) is 0.300. The van der Waals surface area contributed by atoms with E-state index in [0.29, 0.717) is 30.3 Å². The zero-order valence-electron chi connectivity index (χ0n) is 14.3. The Morgan fingerprint density at radius 1 is 1.08 bits per heavy atom. The average molecular weight is 355 g/mol. The molecule has 0 unspecified atom stereocenters. The summed E-state index contributed by atoms with van der Waals surface area (Å²) in [7, 11) is 0. The summed E-state index contributed by atoms with van der Waals surface area (Å²) in [4.78, 5) is 23.9. The van der Waals surface area contributed by atoms with Crippen molar-refractivity contribution in [3.8, 4) is 11.5 Å². The van der Waals surface area contributed by atoms with Crippen LogP contribution in [-0.4, -0.2) is 36.2 Å². The fourth-order valence-corrected chi connectivity index (χ4v) is 2.93. The molecular formula is C20H21NO5. The van der Waals surface area contributed by atoms with Crippen LogP contribution in [0.4, 0.5) is 0 Å². The minimum Gasteiger partial charge on any atom is -0.480 e. The van der Waals surface area contributed by atoms with Crippen molar-refractivity contribution in [2.24, 2.45) is 5.92 Å². The number of hydrogen-bond donors (Lipinski definition) is 2. The highest BCUT2D eigenvalue weighted by Crippen LogP contribution is 2.22. The summed E-state index contributed by atoms with van der Waals surface area (Å²) in [6, 6.07) is 15.0. The van der Waals surface area contributed by atoms with E-state index in [4.69, 9.17) is 9.47 Å². The van der Waals surface area contributed by atoms with Crippen molar-refractivity contribution >= 4 is 11.9 Å². The van der Waals surface area contributed by atoms with Crippen LogP contribution < -0.4 is 10.1 Å². The first kappa shape index (κ1) is 17.9. The van der Waals surface area contributed by atoms with Gasteiger partial charge < -0.3 is 19.9 Å². The van der Waals surface area contributed by atoms with Gasteiger partial charge in [-0.1, -0.05) is 18.2 Å². The second kappa shape index (κ2) is 8.49. The summed E-state index contributed by atoms with van der Waals surface area (Å²) < 4.78 is 11.0. The number of nitrogens with one attached hydrogen (secondary N) is 1. The first-order chi connectivity index (χ1) is 12.6. The number of hydrogen-bond acceptors (Lipinski definition) is 4. The molecule has 2 aromatic carbocycles. The Bertz CT molecular complexity index is 739. The van der Waals surface area contributed by atoms with Crippen LogP contribution in [0.3, 0.4) is 0 Å². The van der Waals surface area contributed by atoms with Crippen LogP contribution >= 0.6 is 0 Å². The summed E-state index contributed by atoms with van der Waals surface area (Å²) in [5.41, 5.74) is 0.383. The molecule has 26 heavy (non-hydrogen) atoms. The van der Waals surface area contributed by atoms with Gasteiger partial charge >= 0.3 is 5.97 Å². The monoisotopic (exact) mass is 355 g/mol. The van der Waals surface area contributed by atoms with Crippen molar-refractivity contribution in [2.45, 2.75) is 18.9 Å². The first-order valence-electron chi connectivity index (χ1n) is 8.58. The van der Waals surface area contributed by atoms with Gasteiger partial charge in [-0.15, -0.1) is 0 Å². The summed E-state index contributed by atoms with van der Waals surface area (Å²) in [6.07, 6.45) is 1.52. The molecule has 2 atom stereocenters. The fourth-order valence-electron chi connectivity index (χ4n) is 2.93. The second-order valence-electron chi connectivity index (χ2n) is 6.21. The highest BCUT2D eigenvalue weighted by molar-refractivity contribution is 5.96. The van der Waals surface area contributed by atoms with Gasteiger partial charge in [-0.3, -0.25) is 4.79 Å². The van der Waals surface area contributed by atoms with E-state index in [9.17, 15) is 14.7 Å². The van der Waals surface area contributed by atoms with Crippen LogP contribution in [0.25, 0.3) is 0 Å². The third-order valence-corrected chi connectivity index (χ3v) is 4.31. The molecule has 1 aliphatic heterocycles. The molecule has 0 aromatic heterocycles. The zero-order chi connectivity index (χ0) is 18.4. The van der Waals surface area contributed by atoms with Gasteiger partial charge in [0.15, 0.2) is 0 Å². The van der Waals surface area contributed by atoms with E-state index < -0.39 is 17.9 Å². The van der Waals surface area contributed by atoms with Crippen LogP contribution in [0.5, 0.6) is 11.5 Å². The van der Waals surface area contributed by atoms with Crippen LogP contribution in [0.2, 0.25) is 0 Å².